The van der Waals surface area contributed by atoms with Gasteiger partial charge in [-0.2, -0.15) is 0 Å². The van der Waals surface area contributed by atoms with Crippen LogP contribution in [0.15, 0.2) is 212 Å². The number of benzene rings is 10. The molecule has 2 heteroatoms. The van der Waals surface area contributed by atoms with E-state index in [1.807, 2.05) is 11.3 Å². The third-order valence-electron chi connectivity index (χ3n) is 11.3. The Bertz CT molecular complexity index is 3230. The van der Waals surface area contributed by atoms with Gasteiger partial charge in [0.2, 0.25) is 0 Å². The van der Waals surface area contributed by atoms with Crippen molar-refractivity contribution in [1.82, 2.24) is 0 Å². The van der Waals surface area contributed by atoms with Crippen LogP contribution in [0.3, 0.4) is 0 Å². The largest absolute Gasteiger partial charge is 0.310 e. The van der Waals surface area contributed by atoms with Crippen LogP contribution in [0.25, 0.3) is 85.9 Å². The molecule has 0 unspecified atom stereocenters. The van der Waals surface area contributed by atoms with Gasteiger partial charge in [-0.25, -0.2) is 0 Å². The quantitative estimate of drug-likeness (QED) is 0.154. The van der Waals surface area contributed by atoms with Crippen LogP contribution in [0.5, 0.6) is 0 Å². The predicted octanol–water partition coefficient (Wildman–Crippen LogP) is 16.0. The van der Waals surface area contributed by atoms with E-state index in [2.05, 4.69) is 217 Å². The first-order valence-electron chi connectivity index (χ1n) is 19.2. The van der Waals surface area contributed by atoms with Crippen LogP contribution in [-0.2, 0) is 0 Å². The fourth-order valence-electron chi connectivity index (χ4n) is 8.57. The van der Waals surface area contributed by atoms with Gasteiger partial charge < -0.3 is 4.90 Å². The Morgan fingerprint density at radius 3 is 1.71 bits per heavy atom. The molecule has 11 aromatic rings. The van der Waals surface area contributed by atoms with Gasteiger partial charge in [0.25, 0.3) is 0 Å². The van der Waals surface area contributed by atoms with Crippen LogP contribution < -0.4 is 4.90 Å². The molecule has 10 aromatic carbocycles. The van der Waals surface area contributed by atoms with Crippen LogP contribution in [0.1, 0.15) is 0 Å². The molecule has 0 bridgehead atoms. The summed E-state index contributed by atoms with van der Waals surface area (Å²) in [6.45, 7) is 0. The highest BCUT2D eigenvalue weighted by molar-refractivity contribution is 7.26. The molecule has 0 saturated heterocycles. The first-order valence-corrected chi connectivity index (χ1v) is 20.0. The lowest BCUT2D eigenvalue weighted by Crippen LogP contribution is -2.10. The standard InChI is InChI=1S/C54H35NS/c1-2-11-36(12-3-1)41-15-8-16-44(35-41)55(43-31-25-39(26-32-43)47-20-10-21-51-49-18-6-7-22-52(49)56-54(47)51)42-29-23-38(24-30-42)46-19-9-14-40-28-33-48-45-17-5-4-13-37(45)27-34-50(48)53(40)46/h1-35H. The Balaban J connectivity index is 1.03. The van der Waals surface area contributed by atoms with Crippen LogP contribution >= 0.6 is 11.3 Å². The lowest BCUT2D eigenvalue weighted by atomic mass is 9.91. The molecular weight excluding hydrogens is 695 g/mol. The van der Waals surface area contributed by atoms with Gasteiger partial charge in [0, 0.05) is 37.2 Å². The minimum Gasteiger partial charge on any atom is -0.310 e. The number of thiophene rings is 1. The van der Waals surface area contributed by atoms with Gasteiger partial charge in [-0.05, 0) is 108 Å². The average Bonchev–Trinajstić information content (AvgIpc) is 3.66. The summed E-state index contributed by atoms with van der Waals surface area (Å²) in [4.78, 5) is 2.38. The van der Waals surface area contributed by atoms with Crippen LogP contribution in [0.2, 0.25) is 0 Å². The van der Waals surface area contributed by atoms with Crippen molar-refractivity contribution in [2.45, 2.75) is 0 Å². The Hall–Kier alpha value is -7.00. The number of fused-ring (bicyclic) bond motifs is 8. The summed E-state index contributed by atoms with van der Waals surface area (Å²) >= 11 is 1.88. The number of nitrogens with zero attached hydrogens (tertiary/aromatic N) is 1. The Kier molecular flexibility index (Phi) is 7.75. The zero-order valence-electron chi connectivity index (χ0n) is 30.6. The second kappa shape index (κ2) is 13.4. The summed E-state index contributed by atoms with van der Waals surface area (Å²) in [7, 11) is 0. The van der Waals surface area contributed by atoms with Gasteiger partial charge in [-0.15, -0.1) is 11.3 Å². The van der Waals surface area contributed by atoms with E-state index in [0.717, 1.165) is 17.1 Å². The summed E-state index contributed by atoms with van der Waals surface area (Å²) in [5.74, 6) is 0. The Morgan fingerprint density at radius 1 is 0.304 bits per heavy atom. The van der Waals surface area contributed by atoms with E-state index in [9.17, 15) is 0 Å². The molecule has 0 amide bonds. The molecule has 1 aromatic heterocycles. The maximum Gasteiger partial charge on any atom is 0.0467 e. The van der Waals surface area contributed by atoms with E-state index < -0.39 is 0 Å². The summed E-state index contributed by atoms with van der Waals surface area (Å²) in [5.41, 5.74) is 10.6. The molecule has 0 fully saturated rings. The maximum absolute atomic E-state index is 2.38. The number of hydrogen-bond acceptors (Lipinski definition) is 2. The molecule has 0 radical (unpaired) electrons. The lowest BCUT2D eigenvalue weighted by molar-refractivity contribution is 1.28. The van der Waals surface area contributed by atoms with Crippen molar-refractivity contribution in [3.63, 3.8) is 0 Å². The fourth-order valence-corrected chi connectivity index (χ4v) is 9.81. The van der Waals surface area contributed by atoms with Crippen molar-refractivity contribution < 1.29 is 0 Å². The topological polar surface area (TPSA) is 3.24 Å². The molecule has 0 aliphatic carbocycles. The van der Waals surface area contributed by atoms with E-state index in [0.29, 0.717) is 0 Å². The first kappa shape index (κ1) is 32.4. The van der Waals surface area contributed by atoms with Gasteiger partial charge >= 0.3 is 0 Å². The second-order valence-electron chi connectivity index (χ2n) is 14.5. The van der Waals surface area contributed by atoms with Crippen molar-refractivity contribution in [3.05, 3.63) is 212 Å². The highest BCUT2D eigenvalue weighted by atomic mass is 32.1. The third kappa shape index (κ3) is 5.46. The van der Waals surface area contributed by atoms with Gasteiger partial charge in [-0.1, -0.05) is 170 Å². The molecule has 262 valence electrons. The van der Waals surface area contributed by atoms with E-state index in [4.69, 9.17) is 0 Å². The minimum atomic E-state index is 1.11. The molecule has 1 nitrogen and oxygen atoms in total. The zero-order valence-corrected chi connectivity index (χ0v) is 31.4. The number of anilines is 3. The van der Waals surface area contributed by atoms with E-state index >= 15 is 0 Å². The molecule has 0 atom stereocenters. The van der Waals surface area contributed by atoms with Crippen molar-refractivity contribution in [1.29, 1.82) is 0 Å². The highest BCUT2D eigenvalue weighted by Crippen LogP contribution is 2.43. The third-order valence-corrected chi connectivity index (χ3v) is 12.5. The summed E-state index contributed by atoms with van der Waals surface area (Å²) in [6, 6.07) is 77.6. The predicted molar refractivity (Wildman–Crippen MR) is 243 cm³/mol. The average molecular weight is 730 g/mol. The molecule has 1 heterocycles. The first-order chi connectivity index (χ1) is 27.8. The SMILES string of the molecule is c1ccc(-c2cccc(N(c3ccc(-c4cccc5c4sc4ccccc45)cc3)c3ccc(-c4cccc5ccc6c7ccccc7ccc6c45)cc3)c2)cc1. The monoisotopic (exact) mass is 729 g/mol. The van der Waals surface area contributed by atoms with Crippen LogP contribution in [0, 0.1) is 0 Å². The summed E-state index contributed by atoms with van der Waals surface area (Å²) < 4.78 is 2.66. The number of rotatable bonds is 6. The van der Waals surface area contributed by atoms with Gasteiger partial charge in [-0.3, -0.25) is 0 Å². The molecule has 0 aliphatic heterocycles. The van der Waals surface area contributed by atoms with Crippen LogP contribution in [0.4, 0.5) is 17.1 Å². The maximum atomic E-state index is 2.38. The molecule has 0 saturated carbocycles. The molecular formula is C54H35NS. The van der Waals surface area contributed by atoms with E-state index in [-0.39, 0.29) is 0 Å². The van der Waals surface area contributed by atoms with Crippen molar-refractivity contribution in [2.24, 2.45) is 0 Å². The van der Waals surface area contributed by atoms with Gasteiger partial charge in [0.1, 0.15) is 0 Å². The van der Waals surface area contributed by atoms with Gasteiger partial charge in [0.15, 0.2) is 0 Å². The molecule has 11 rings (SSSR count). The minimum absolute atomic E-state index is 1.11. The van der Waals surface area contributed by atoms with Crippen LogP contribution in [-0.4, -0.2) is 0 Å². The Morgan fingerprint density at radius 2 is 0.893 bits per heavy atom. The van der Waals surface area contributed by atoms with E-state index in [1.165, 1.54) is 85.9 Å². The lowest BCUT2D eigenvalue weighted by Gasteiger charge is -2.26. The van der Waals surface area contributed by atoms with Crippen molar-refractivity contribution in [3.8, 4) is 33.4 Å². The van der Waals surface area contributed by atoms with Crippen molar-refractivity contribution >= 4 is 80.9 Å². The molecule has 0 aliphatic rings. The summed E-state index contributed by atoms with van der Waals surface area (Å²) in [6.07, 6.45) is 0. The normalized spacial score (nSPS) is 11.6. The highest BCUT2D eigenvalue weighted by Gasteiger charge is 2.17. The van der Waals surface area contributed by atoms with E-state index in [1.54, 1.807) is 0 Å². The fraction of sp³-hybridized carbons (Fsp3) is 0. The zero-order chi connectivity index (χ0) is 37.0. The molecule has 56 heavy (non-hydrogen) atoms. The second-order valence-corrected chi connectivity index (χ2v) is 15.5. The number of hydrogen-bond donors (Lipinski definition) is 0. The summed E-state index contributed by atoms with van der Waals surface area (Å²) in [5, 5.41) is 10.3. The molecule has 0 spiro atoms. The van der Waals surface area contributed by atoms with Crippen molar-refractivity contribution in [2.75, 3.05) is 4.90 Å². The Labute approximate surface area is 330 Å². The molecule has 0 N–H and O–H groups in total. The van der Waals surface area contributed by atoms with Gasteiger partial charge in [0.05, 0.1) is 0 Å². The smallest absolute Gasteiger partial charge is 0.0467 e.